The lowest BCUT2D eigenvalue weighted by atomic mass is 10.1. The molecule has 0 spiro atoms. The fourth-order valence-electron chi connectivity index (χ4n) is 2.80. The van der Waals surface area contributed by atoms with Gasteiger partial charge >= 0.3 is 0 Å². The average molecular weight is 354 g/mol. The maximum Gasteiger partial charge on any atom is 0.240 e. The van der Waals surface area contributed by atoms with Crippen LogP contribution in [0.15, 0.2) is 29.2 Å². The third-order valence-corrected chi connectivity index (χ3v) is 5.88. The van der Waals surface area contributed by atoms with Crippen LogP contribution < -0.4 is 4.72 Å². The number of nitrogens with one attached hydrogen (secondary N) is 1. The van der Waals surface area contributed by atoms with Gasteiger partial charge in [0.2, 0.25) is 10.0 Å². The van der Waals surface area contributed by atoms with Crippen molar-refractivity contribution in [1.82, 2.24) is 4.72 Å². The lowest BCUT2D eigenvalue weighted by Gasteiger charge is -2.07. The highest BCUT2D eigenvalue weighted by Gasteiger charge is 2.12. The molecule has 0 amide bonds. The lowest BCUT2D eigenvalue weighted by molar-refractivity contribution is 0.544. The second-order valence-electron chi connectivity index (χ2n) is 6.75. The number of unbranched alkanes of at least 4 members (excludes halogenated alkanes) is 10. The number of aryl methyl sites for hydroxylation is 1. The van der Waals surface area contributed by atoms with Crippen molar-refractivity contribution in [2.45, 2.75) is 89.4 Å². The molecule has 24 heavy (non-hydrogen) atoms. The highest BCUT2D eigenvalue weighted by atomic mass is 32.2. The van der Waals surface area contributed by atoms with Gasteiger partial charge < -0.3 is 0 Å². The zero-order valence-corrected chi connectivity index (χ0v) is 16.3. The Morgan fingerprint density at radius 2 is 1.21 bits per heavy atom. The molecule has 0 radical (unpaired) electrons. The van der Waals surface area contributed by atoms with Crippen LogP contribution in [0.1, 0.15) is 83.1 Å². The maximum absolute atomic E-state index is 12.1. The summed E-state index contributed by atoms with van der Waals surface area (Å²) in [6.45, 7) is 4.74. The number of sulfonamides is 1. The molecule has 0 aliphatic rings. The van der Waals surface area contributed by atoms with Gasteiger partial charge in [0.05, 0.1) is 4.90 Å². The van der Waals surface area contributed by atoms with E-state index in [9.17, 15) is 8.42 Å². The van der Waals surface area contributed by atoms with E-state index in [1.54, 1.807) is 12.1 Å². The Bertz CT molecular complexity index is 523. The van der Waals surface area contributed by atoms with Crippen LogP contribution in [0.4, 0.5) is 0 Å². The molecule has 138 valence electrons. The van der Waals surface area contributed by atoms with Crippen molar-refractivity contribution in [1.29, 1.82) is 0 Å². The molecule has 0 aliphatic heterocycles. The number of hydrogen-bond donors (Lipinski definition) is 1. The van der Waals surface area contributed by atoms with Crippen LogP contribution >= 0.6 is 0 Å². The number of rotatable bonds is 14. The molecule has 0 aromatic heterocycles. The fourth-order valence-corrected chi connectivity index (χ4v) is 3.87. The monoisotopic (exact) mass is 353 g/mol. The van der Waals surface area contributed by atoms with Gasteiger partial charge in [-0.05, 0) is 25.5 Å². The van der Waals surface area contributed by atoms with Gasteiger partial charge in [-0.2, -0.15) is 0 Å². The SMILES string of the molecule is CCCCCCCCCCCCCNS(=O)(=O)c1ccc(C)cc1. The van der Waals surface area contributed by atoms with Crippen molar-refractivity contribution >= 4 is 10.0 Å². The maximum atomic E-state index is 12.1. The summed E-state index contributed by atoms with van der Waals surface area (Å²) in [4.78, 5) is 0.358. The standard InChI is InChI=1S/C20H35NO2S/c1-3-4-5-6-7-8-9-10-11-12-13-18-21-24(22,23)20-16-14-19(2)15-17-20/h14-17,21H,3-13,18H2,1-2H3. The summed E-state index contributed by atoms with van der Waals surface area (Å²) in [5.41, 5.74) is 1.07. The number of benzene rings is 1. The van der Waals surface area contributed by atoms with Gasteiger partial charge in [-0.1, -0.05) is 88.8 Å². The van der Waals surface area contributed by atoms with Crippen LogP contribution in [0.5, 0.6) is 0 Å². The van der Waals surface area contributed by atoms with E-state index in [0.717, 1.165) is 18.4 Å². The largest absolute Gasteiger partial charge is 0.240 e. The molecule has 0 saturated heterocycles. The Balaban J connectivity index is 2.01. The average Bonchev–Trinajstić information content (AvgIpc) is 2.56. The van der Waals surface area contributed by atoms with E-state index in [0.29, 0.717) is 11.4 Å². The smallest absolute Gasteiger partial charge is 0.211 e. The zero-order chi connectivity index (χ0) is 17.7. The Kier molecular flexibility index (Phi) is 11.0. The highest BCUT2D eigenvalue weighted by Crippen LogP contribution is 2.12. The summed E-state index contributed by atoms with van der Waals surface area (Å²) < 4.78 is 26.9. The predicted molar refractivity (Wildman–Crippen MR) is 103 cm³/mol. The first-order chi connectivity index (χ1) is 11.6. The first kappa shape index (κ1) is 21.2. The molecular weight excluding hydrogens is 318 g/mol. The Morgan fingerprint density at radius 1 is 0.750 bits per heavy atom. The summed E-state index contributed by atoms with van der Waals surface area (Å²) in [5, 5.41) is 0. The summed E-state index contributed by atoms with van der Waals surface area (Å²) in [7, 11) is -3.34. The molecule has 0 fully saturated rings. The zero-order valence-electron chi connectivity index (χ0n) is 15.5. The van der Waals surface area contributed by atoms with Crippen molar-refractivity contribution in [3.05, 3.63) is 29.8 Å². The second kappa shape index (κ2) is 12.5. The van der Waals surface area contributed by atoms with Gasteiger partial charge in [0.25, 0.3) is 0 Å². The van der Waals surface area contributed by atoms with Gasteiger partial charge in [0, 0.05) is 6.54 Å². The van der Waals surface area contributed by atoms with E-state index in [1.807, 2.05) is 19.1 Å². The van der Waals surface area contributed by atoms with Gasteiger partial charge in [-0.15, -0.1) is 0 Å². The quantitative estimate of drug-likeness (QED) is 0.443. The van der Waals surface area contributed by atoms with Crippen LogP contribution in [0.2, 0.25) is 0 Å². The van der Waals surface area contributed by atoms with Crippen molar-refractivity contribution in [3.8, 4) is 0 Å². The Labute approximate surface area is 149 Å². The molecule has 0 heterocycles. The van der Waals surface area contributed by atoms with Gasteiger partial charge in [0.15, 0.2) is 0 Å². The Hall–Kier alpha value is -0.870. The molecule has 0 bridgehead atoms. The van der Waals surface area contributed by atoms with Gasteiger partial charge in [-0.3, -0.25) is 0 Å². The molecular formula is C20H35NO2S. The van der Waals surface area contributed by atoms with Gasteiger partial charge in [-0.25, -0.2) is 13.1 Å². The minimum atomic E-state index is -3.34. The molecule has 1 aromatic carbocycles. The first-order valence-corrected chi connectivity index (χ1v) is 11.1. The second-order valence-corrected chi connectivity index (χ2v) is 8.51. The van der Waals surface area contributed by atoms with Crippen LogP contribution in [-0.4, -0.2) is 15.0 Å². The Morgan fingerprint density at radius 3 is 1.71 bits per heavy atom. The predicted octanol–water partition coefficient (Wildman–Crippen LogP) is 5.58. The highest BCUT2D eigenvalue weighted by molar-refractivity contribution is 7.89. The molecule has 0 saturated carbocycles. The van der Waals surface area contributed by atoms with Crippen LogP contribution in [-0.2, 0) is 10.0 Å². The van der Waals surface area contributed by atoms with Crippen LogP contribution in [0, 0.1) is 6.92 Å². The van der Waals surface area contributed by atoms with E-state index < -0.39 is 10.0 Å². The molecule has 1 N–H and O–H groups in total. The van der Waals surface area contributed by atoms with E-state index in [2.05, 4.69) is 11.6 Å². The van der Waals surface area contributed by atoms with E-state index >= 15 is 0 Å². The molecule has 1 rings (SSSR count). The summed E-state index contributed by atoms with van der Waals surface area (Å²) in [6.07, 6.45) is 14.0. The molecule has 4 heteroatoms. The molecule has 3 nitrogen and oxygen atoms in total. The molecule has 0 atom stereocenters. The van der Waals surface area contributed by atoms with E-state index in [1.165, 1.54) is 57.8 Å². The fraction of sp³-hybridized carbons (Fsp3) is 0.700. The van der Waals surface area contributed by atoms with Crippen LogP contribution in [0.3, 0.4) is 0 Å². The van der Waals surface area contributed by atoms with Gasteiger partial charge in [0.1, 0.15) is 0 Å². The van der Waals surface area contributed by atoms with E-state index in [-0.39, 0.29) is 0 Å². The topological polar surface area (TPSA) is 46.2 Å². The third kappa shape index (κ3) is 9.43. The molecule has 0 unspecified atom stereocenters. The molecule has 1 aromatic rings. The minimum Gasteiger partial charge on any atom is -0.211 e. The molecule has 0 aliphatic carbocycles. The summed E-state index contributed by atoms with van der Waals surface area (Å²) in [6, 6.07) is 6.99. The van der Waals surface area contributed by atoms with E-state index in [4.69, 9.17) is 0 Å². The van der Waals surface area contributed by atoms with Crippen molar-refractivity contribution in [3.63, 3.8) is 0 Å². The summed E-state index contributed by atoms with van der Waals surface area (Å²) in [5.74, 6) is 0. The normalized spacial score (nSPS) is 11.8. The number of hydrogen-bond acceptors (Lipinski definition) is 2. The van der Waals surface area contributed by atoms with Crippen molar-refractivity contribution in [2.24, 2.45) is 0 Å². The van der Waals surface area contributed by atoms with Crippen LogP contribution in [0.25, 0.3) is 0 Å². The lowest BCUT2D eigenvalue weighted by Crippen LogP contribution is -2.24. The van der Waals surface area contributed by atoms with Crippen molar-refractivity contribution in [2.75, 3.05) is 6.54 Å². The third-order valence-electron chi connectivity index (χ3n) is 4.40. The van der Waals surface area contributed by atoms with Crippen molar-refractivity contribution < 1.29 is 8.42 Å². The minimum absolute atomic E-state index is 0.358. The first-order valence-electron chi connectivity index (χ1n) is 9.62. The summed E-state index contributed by atoms with van der Waals surface area (Å²) >= 11 is 0.